The van der Waals surface area contributed by atoms with Crippen LogP contribution < -0.4 is 10.6 Å². The molecule has 10 heavy (non-hydrogen) atoms. The number of nitrogens with zero attached hydrogens (tertiary/aromatic N) is 2. The van der Waals surface area contributed by atoms with Gasteiger partial charge in [-0.25, -0.2) is 9.98 Å². The molecule has 0 radical (unpaired) electrons. The summed E-state index contributed by atoms with van der Waals surface area (Å²) in [5, 5.41) is 1.84. The first-order valence-corrected chi connectivity index (χ1v) is 3.06. The van der Waals surface area contributed by atoms with Gasteiger partial charge < -0.3 is 0 Å². The van der Waals surface area contributed by atoms with E-state index < -0.39 is 0 Å². The van der Waals surface area contributed by atoms with Crippen molar-refractivity contribution >= 4 is 18.6 Å². The van der Waals surface area contributed by atoms with Crippen LogP contribution >= 0.6 is 0 Å². The number of para-hydroxylation sites is 1. The Bertz CT molecular complexity index is 390. The SMILES string of the molecule is C=c1cccc2c1=NC=N2. The zero-order valence-corrected chi connectivity index (χ0v) is 5.41. The summed E-state index contributed by atoms with van der Waals surface area (Å²) >= 11 is 0. The van der Waals surface area contributed by atoms with Crippen LogP contribution in [0.25, 0.3) is 6.58 Å². The average Bonchev–Trinajstić information content (AvgIpc) is 2.36. The number of fused-ring (bicyclic) bond motifs is 1. The largest absolute Gasteiger partial charge is 0.235 e. The van der Waals surface area contributed by atoms with E-state index in [1.807, 2.05) is 18.2 Å². The molecule has 0 N–H and O–H groups in total. The number of hydrogen-bond acceptors (Lipinski definition) is 2. The van der Waals surface area contributed by atoms with Crippen LogP contribution in [-0.4, -0.2) is 6.34 Å². The highest BCUT2D eigenvalue weighted by molar-refractivity contribution is 5.66. The molecule has 1 aliphatic rings. The third-order valence-electron chi connectivity index (χ3n) is 1.48. The van der Waals surface area contributed by atoms with Crippen molar-refractivity contribution in [3.8, 4) is 0 Å². The zero-order valence-electron chi connectivity index (χ0n) is 5.41. The van der Waals surface area contributed by atoms with Crippen molar-refractivity contribution in [2.24, 2.45) is 9.98 Å². The van der Waals surface area contributed by atoms with Crippen LogP contribution in [0.3, 0.4) is 0 Å². The van der Waals surface area contributed by atoms with Crippen LogP contribution in [0.15, 0.2) is 28.2 Å². The van der Waals surface area contributed by atoms with Gasteiger partial charge in [-0.15, -0.1) is 0 Å². The highest BCUT2D eigenvalue weighted by Gasteiger charge is 1.96. The Labute approximate surface area is 58.3 Å². The van der Waals surface area contributed by atoms with Gasteiger partial charge in [0.2, 0.25) is 0 Å². The molecule has 2 heteroatoms. The predicted octanol–water partition coefficient (Wildman–Crippen LogP) is 0.390. The second kappa shape index (κ2) is 1.77. The summed E-state index contributed by atoms with van der Waals surface area (Å²) in [5.74, 6) is 0. The number of benzene rings is 1. The van der Waals surface area contributed by atoms with Gasteiger partial charge in [0.1, 0.15) is 6.34 Å². The van der Waals surface area contributed by atoms with Gasteiger partial charge in [0.05, 0.1) is 11.0 Å². The molecule has 0 fully saturated rings. The molecule has 1 aromatic rings. The molecule has 2 nitrogen and oxygen atoms in total. The van der Waals surface area contributed by atoms with Gasteiger partial charge in [-0.2, -0.15) is 0 Å². The Morgan fingerprint density at radius 1 is 1.30 bits per heavy atom. The molecule has 0 amide bonds. The minimum Gasteiger partial charge on any atom is -0.235 e. The highest BCUT2D eigenvalue weighted by atomic mass is 14.9. The quantitative estimate of drug-likeness (QED) is 0.485. The van der Waals surface area contributed by atoms with Crippen molar-refractivity contribution in [3.05, 3.63) is 28.8 Å². The van der Waals surface area contributed by atoms with E-state index in [-0.39, 0.29) is 0 Å². The summed E-state index contributed by atoms with van der Waals surface area (Å²) in [5.41, 5.74) is 0.924. The second-order valence-electron chi connectivity index (χ2n) is 2.16. The molecule has 0 bridgehead atoms. The lowest BCUT2D eigenvalue weighted by Crippen LogP contribution is -2.21. The topological polar surface area (TPSA) is 24.7 Å². The fourth-order valence-corrected chi connectivity index (χ4v) is 0.980. The molecule has 0 saturated heterocycles. The van der Waals surface area contributed by atoms with Crippen LogP contribution in [0, 0.1) is 0 Å². The standard InChI is InChI=1S/C8H6N2/c1-6-3-2-4-7-8(6)10-5-9-7/h2-5H,1H2. The molecule has 0 spiro atoms. The average molecular weight is 130 g/mol. The first kappa shape index (κ1) is 5.35. The van der Waals surface area contributed by atoms with Crippen LogP contribution in [-0.2, 0) is 0 Å². The van der Waals surface area contributed by atoms with Gasteiger partial charge in [-0.3, -0.25) is 0 Å². The fourth-order valence-electron chi connectivity index (χ4n) is 0.980. The molecular formula is C8H6N2. The third-order valence-corrected chi connectivity index (χ3v) is 1.48. The maximum Gasteiger partial charge on any atom is 0.116 e. The Morgan fingerprint density at radius 3 is 3.00 bits per heavy atom. The molecular weight excluding hydrogens is 124 g/mol. The first-order chi connectivity index (χ1) is 4.88. The third kappa shape index (κ3) is 0.589. The van der Waals surface area contributed by atoms with Crippen molar-refractivity contribution in [2.75, 3.05) is 0 Å². The highest BCUT2D eigenvalue weighted by Crippen LogP contribution is 2.02. The second-order valence-corrected chi connectivity index (χ2v) is 2.16. The maximum atomic E-state index is 4.04. The minimum atomic E-state index is 0.905. The van der Waals surface area contributed by atoms with E-state index in [0.717, 1.165) is 16.3 Å². The van der Waals surface area contributed by atoms with Gasteiger partial charge in [0, 0.05) is 0 Å². The maximum absolute atomic E-state index is 4.04. The van der Waals surface area contributed by atoms with Crippen LogP contribution in [0.2, 0.25) is 0 Å². The van der Waals surface area contributed by atoms with E-state index in [2.05, 4.69) is 16.6 Å². The minimum absolute atomic E-state index is 0.905. The number of hydrogen-bond donors (Lipinski definition) is 0. The molecule has 1 aromatic carbocycles. The number of rotatable bonds is 0. The van der Waals surface area contributed by atoms with Crippen LogP contribution in [0.4, 0.5) is 5.69 Å². The van der Waals surface area contributed by atoms with Gasteiger partial charge in [-0.1, -0.05) is 18.7 Å². The molecule has 0 unspecified atom stereocenters. The molecule has 48 valence electrons. The number of aliphatic imine (C=N–C) groups is 1. The molecule has 1 heterocycles. The van der Waals surface area contributed by atoms with Crippen LogP contribution in [0.5, 0.6) is 0 Å². The van der Waals surface area contributed by atoms with E-state index in [9.17, 15) is 0 Å². The van der Waals surface area contributed by atoms with Crippen LogP contribution in [0.1, 0.15) is 0 Å². The summed E-state index contributed by atoms with van der Waals surface area (Å²) < 4.78 is 0. The van der Waals surface area contributed by atoms with Crippen molar-refractivity contribution in [1.82, 2.24) is 0 Å². The fraction of sp³-hybridized carbons (Fsp3) is 0. The van der Waals surface area contributed by atoms with Gasteiger partial charge >= 0.3 is 0 Å². The lowest BCUT2D eigenvalue weighted by molar-refractivity contribution is 1.40. The lowest BCUT2D eigenvalue weighted by atomic mass is 10.3. The molecule has 0 aromatic heterocycles. The van der Waals surface area contributed by atoms with E-state index >= 15 is 0 Å². The van der Waals surface area contributed by atoms with Gasteiger partial charge in [0.15, 0.2) is 0 Å². The molecule has 0 atom stereocenters. The summed E-state index contributed by atoms with van der Waals surface area (Å²) in [6.07, 6.45) is 1.55. The van der Waals surface area contributed by atoms with Gasteiger partial charge in [-0.05, 0) is 11.3 Å². The molecule has 2 rings (SSSR count). The Hall–Kier alpha value is -1.44. The monoisotopic (exact) mass is 130 g/mol. The van der Waals surface area contributed by atoms with Crippen molar-refractivity contribution in [1.29, 1.82) is 0 Å². The van der Waals surface area contributed by atoms with Crippen molar-refractivity contribution in [2.45, 2.75) is 0 Å². The molecule has 0 aliphatic carbocycles. The van der Waals surface area contributed by atoms with E-state index in [0.29, 0.717) is 0 Å². The summed E-state index contributed by atoms with van der Waals surface area (Å²) in [4.78, 5) is 8.07. The molecule has 0 saturated carbocycles. The first-order valence-electron chi connectivity index (χ1n) is 3.06. The smallest absolute Gasteiger partial charge is 0.116 e. The van der Waals surface area contributed by atoms with Crippen molar-refractivity contribution < 1.29 is 0 Å². The van der Waals surface area contributed by atoms with Crippen molar-refractivity contribution in [3.63, 3.8) is 0 Å². The normalized spacial score (nSPS) is 12.8. The van der Waals surface area contributed by atoms with E-state index in [1.54, 1.807) is 6.34 Å². The van der Waals surface area contributed by atoms with E-state index in [1.165, 1.54) is 0 Å². The summed E-state index contributed by atoms with van der Waals surface area (Å²) in [6, 6.07) is 5.79. The lowest BCUT2D eigenvalue weighted by Gasteiger charge is -1.85. The zero-order chi connectivity index (χ0) is 6.97. The summed E-state index contributed by atoms with van der Waals surface area (Å²) in [6.45, 7) is 3.82. The Morgan fingerprint density at radius 2 is 2.20 bits per heavy atom. The molecule has 1 aliphatic heterocycles. The van der Waals surface area contributed by atoms with Gasteiger partial charge in [0.25, 0.3) is 0 Å². The Balaban J connectivity index is 2.99. The Kier molecular flexibility index (Phi) is 0.947. The van der Waals surface area contributed by atoms with E-state index in [4.69, 9.17) is 0 Å². The summed E-state index contributed by atoms with van der Waals surface area (Å²) in [7, 11) is 0. The predicted molar refractivity (Wildman–Crippen MR) is 40.9 cm³/mol.